The second-order valence-electron chi connectivity index (χ2n) is 4.37. The summed E-state index contributed by atoms with van der Waals surface area (Å²) in [7, 11) is 0. The van der Waals surface area contributed by atoms with E-state index in [4.69, 9.17) is 16.9 Å². The Labute approximate surface area is 117 Å². The summed E-state index contributed by atoms with van der Waals surface area (Å²) in [5, 5.41) is 8.69. The van der Waals surface area contributed by atoms with E-state index >= 15 is 0 Å². The number of nitriles is 1. The number of aromatic nitrogens is 1. The minimum Gasteiger partial charge on any atom is -0.335 e. The Kier molecular flexibility index (Phi) is 4.72. The molecule has 1 aromatic heterocycles. The number of carbonyl (C=O) groups excluding carboxylic acids is 1. The average molecular weight is 279 g/mol. The van der Waals surface area contributed by atoms with Gasteiger partial charge in [0.25, 0.3) is 5.91 Å². The first-order valence-electron chi connectivity index (χ1n) is 6.18. The van der Waals surface area contributed by atoms with Crippen LogP contribution in [0.4, 0.5) is 0 Å². The normalized spacial score (nSPS) is 16.1. The molecule has 1 aliphatic rings. The fourth-order valence-electron chi connectivity index (χ4n) is 2.04. The summed E-state index contributed by atoms with van der Waals surface area (Å²) in [5.41, 5.74) is 0.855. The van der Waals surface area contributed by atoms with Crippen molar-refractivity contribution in [2.75, 3.05) is 38.6 Å². The van der Waals surface area contributed by atoms with Gasteiger partial charge < -0.3 is 4.90 Å². The smallest absolute Gasteiger partial charge is 0.272 e. The molecule has 1 saturated heterocycles. The maximum absolute atomic E-state index is 12.2. The van der Waals surface area contributed by atoms with Crippen molar-refractivity contribution in [3.05, 3.63) is 29.6 Å². The second-order valence-corrected chi connectivity index (χ2v) is 4.74. The van der Waals surface area contributed by atoms with Gasteiger partial charge in [0.2, 0.25) is 0 Å². The summed E-state index contributed by atoms with van der Waals surface area (Å²) >= 11 is 5.70. The molecule has 0 saturated carbocycles. The Bertz CT molecular complexity index is 474. The number of hydrogen-bond donors (Lipinski definition) is 0. The minimum absolute atomic E-state index is 0.0741. The molecule has 1 aliphatic heterocycles. The third-order valence-corrected chi connectivity index (χ3v) is 3.34. The summed E-state index contributed by atoms with van der Waals surface area (Å²) in [4.78, 5) is 20.3. The first-order valence-corrected chi connectivity index (χ1v) is 6.72. The zero-order valence-electron chi connectivity index (χ0n) is 10.5. The Morgan fingerprint density at radius 2 is 2.11 bits per heavy atom. The van der Waals surface area contributed by atoms with E-state index in [9.17, 15) is 4.79 Å². The predicted molar refractivity (Wildman–Crippen MR) is 72.0 cm³/mol. The number of halogens is 1. The van der Waals surface area contributed by atoms with Gasteiger partial charge in [0.1, 0.15) is 11.8 Å². The fourth-order valence-corrected chi connectivity index (χ4v) is 2.28. The van der Waals surface area contributed by atoms with Crippen LogP contribution < -0.4 is 0 Å². The fraction of sp³-hybridized carbons (Fsp3) is 0.462. The van der Waals surface area contributed by atoms with Gasteiger partial charge in [0, 0.05) is 44.8 Å². The van der Waals surface area contributed by atoms with Gasteiger partial charge in [-0.25, -0.2) is 4.98 Å². The van der Waals surface area contributed by atoms with Crippen LogP contribution in [0, 0.1) is 11.3 Å². The van der Waals surface area contributed by atoms with E-state index in [1.54, 1.807) is 17.0 Å². The van der Waals surface area contributed by atoms with Crippen molar-refractivity contribution in [3.8, 4) is 6.07 Å². The van der Waals surface area contributed by atoms with Crippen molar-refractivity contribution < 1.29 is 4.79 Å². The van der Waals surface area contributed by atoms with Crippen LogP contribution in [0.3, 0.4) is 0 Å². The summed E-state index contributed by atoms with van der Waals surface area (Å²) in [6.07, 6.45) is 1.43. The van der Waals surface area contributed by atoms with Crippen LogP contribution in [-0.4, -0.2) is 59.3 Å². The molecule has 19 heavy (non-hydrogen) atoms. The zero-order chi connectivity index (χ0) is 13.7. The van der Waals surface area contributed by atoms with Crippen LogP contribution >= 0.6 is 11.6 Å². The maximum atomic E-state index is 12.2. The van der Waals surface area contributed by atoms with Gasteiger partial charge in [-0.2, -0.15) is 5.26 Å². The summed E-state index contributed by atoms with van der Waals surface area (Å²) in [5.74, 6) is 0.542. The molecule has 0 atom stereocenters. The molecule has 100 valence electrons. The maximum Gasteiger partial charge on any atom is 0.272 e. The van der Waals surface area contributed by atoms with Gasteiger partial charge in [-0.1, -0.05) is 0 Å². The van der Waals surface area contributed by atoms with Crippen molar-refractivity contribution in [2.45, 2.75) is 0 Å². The first kappa shape index (κ1) is 13.8. The van der Waals surface area contributed by atoms with Crippen molar-refractivity contribution in [1.82, 2.24) is 14.8 Å². The van der Waals surface area contributed by atoms with Crippen molar-refractivity contribution >= 4 is 17.5 Å². The quantitative estimate of drug-likeness (QED) is 0.773. The van der Waals surface area contributed by atoms with Crippen molar-refractivity contribution in [3.63, 3.8) is 0 Å². The lowest BCUT2D eigenvalue weighted by atomic mass is 10.2. The molecule has 5 nitrogen and oxygen atoms in total. The van der Waals surface area contributed by atoms with Crippen molar-refractivity contribution in [2.24, 2.45) is 0 Å². The molecular formula is C13H15ClN4O. The number of alkyl halides is 1. The molecule has 1 aromatic rings. The number of rotatable bonds is 3. The number of pyridine rings is 1. The minimum atomic E-state index is -0.0741. The SMILES string of the molecule is N#Cc1ccc(C(=O)N2CCN(CCCl)CC2)nc1. The number of carbonyl (C=O) groups is 1. The van der Waals surface area contributed by atoms with Gasteiger partial charge in [-0.05, 0) is 12.1 Å². The monoisotopic (exact) mass is 278 g/mol. The van der Waals surface area contributed by atoms with E-state index in [-0.39, 0.29) is 5.91 Å². The van der Waals surface area contributed by atoms with Crippen LogP contribution in [-0.2, 0) is 0 Å². The third-order valence-electron chi connectivity index (χ3n) is 3.17. The van der Waals surface area contributed by atoms with Gasteiger partial charge >= 0.3 is 0 Å². The average Bonchev–Trinajstić information content (AvgIpc) is 2.48. The third kappa shape index (κ3) is 3.43. The summed E-state index contributed by atoms with van der Waals surface area (Å²) in [6.45, 7) is 3.93. The van der Waals surface area contributed by atoms with Gasteiger partial charge in [-0.3, -0.25) is 9.69 Å². The topological polar surface area (TPSA) is 60.2 Å². The molecule has 0 aliphatic carbocycles. The molecule has 0 unspecified atom stereocenters. The molecule has 0 bridgehead atoms. The lowest BCUT2D eigenvalue weighted by Crippen LogP contribution is -2.49. The molecule has 0 spiro atoms. The van der Waals surface area contributed by atoms with Crippen LogP contribution in [0.5, 0.6) is 0 Å². The Balaban J connectivity index is 1.95. The highest BCUT2D eigenvalue weighted by Gasteiger charge is 2.22. The van der Waals surface area contributed by atoms with Gasteiger partial charge in [-0.15, -0.1) is 11.6 Å². The Hall–Kier alpha value is -1.64. The molecule has 1 fully saturated rings. The predicted octanol–water partition coefficient (Wildman–Crippen LogP) is 0.950. The van der Waals surface area contributed by atoms with Gasteiger partial charge in [0.05, 0.1) is 5.56 Å². The highest BCUT2D eigenvalue weighted by molar-refractivity contribution is 6.18. The number of amides is 1. The largest absolute Gasteiger partial charge is 0.335 e. The summed E-state index contributed by atoms with van der Waals surface area (Å²) in [6, 6.07) is 5.20. The van der Waals surface area contributed by atoms with E-state index in [1.807, 2.05) is 6.07 Å². The Morgan fingerprint density at radius 1 is 1.37 bits per heavy atom. The van der Waals surface area contributed by atoms with Crippen LogP contribution in [0.1, 0.15) is 16.1 Å². The standard InChI is InChI=1S/C13H15ClN4O/c14-3-4-17-5-7-18(8-6-17)13(19)12-2-1-11(9-15)10-16-12/h1-2,10H,3-8H2. The lowest BCUT2D eigenvalue weighted by Gasteiger charge is -2.34. The molecule has 1 amide bonds. The molecule has 0 radical (unpaired) electrons. The molecular weight excluding hydrogens is 264 g/mol. The lowest BCUT2D eigenvalue weighted by molar-refractivity contribution is 0.0638. The van der Waals surface area contributed by atoms with Gasteiger partial charge in [0.15, 0.2) is 0 Å². The van der Waals surface area contributed by atoms with E-state index in [0.717, 1.165) is 19.6 Å². The first-order chi connectivity index (χ1) is 9.24. The van der Waals surface area contributed by atoms with E-state index < -0.39 is 0 Å². The highest BCUT2D eigenvalue weighted by atomic mass is 35.5. The van der Waals surface area contributed by atoms with E-state index in [0.29, 0.717) is 30.2 Å². The molecule has 2 rings (SSSR count). The zero-order valence-corrected chi connectivity index (χ0v) is 11.3. The number of piperazine rings is 1. The van der Waals surface area contributed by atoms with E-state index in [1.165, 1.54) is 6.20 Å². The second kappa shape index (κ2) is 6.50. The van der Waals surface area contributed by atoms with Crippen molar-refractivity contribution in [1.29, 1.82) is 5.26 Å². The van der Waals surface area contributed by atoms with Crippen LogP contribution in [0.15, 0.2) is 18.3 Å². The molecule has 0 aromatic carbocycles. The highest BCUT2D eigenvalue weighted by Crippen LogP contribution is 2.08. The number of nitrogens with zero attached hydrogens (tertiary/aromatic N) is 4. The van der Waals surface area contributed by atoms with Crippen LogP contribution in [0.25, 0.3) is 0 Å². The molecule has 0 N–H and O–H groups in total. The number of hydrogen-bond acceptors (Lipinski definition) is 4. The summed E-state index contributed by atoms with van der Waals surface area (Å²) < 4.78 is 0. The Morgan fingerprint density at radius 3 is 2.63 bits per heavy atom. The van der Waals surface area contributed by atoms with Crippen LogP contribution in [0.2, 0.25) is 0 Å². The molecule has 2 heterocycles. The van der Waals surface area contributed by atoms with E-state index in [2.05, 4.69) is 9.88 Å². The molecule has 6 heteroatoms.